The number of aromatic nitrogens is 4. The quantitative estimate of drug-likeness (QED) is 0.454. The lowest BCUT2D eigenvalue weighted by atomic mass is 9.98. The molecule has 0 aliphatic heterocycles. The van der Waals surface area contributed by atoms with Gasteiger partial charge in [-0.05, 0) is 6.42 Å². The Bertz CT molecular complexity index is 837. The summed E-state index contributed by atoms with van der Waals surface area (Å²) in [7, 11) is 3.23. The third-order valence-electron chi connectivity index (χ3n) is 5.32. The van der Waals surface area contributed by atoms with Gasteiger partial charge < -0.3 is 31.1 Å². The van der Waals surface area contributed by atoms with Gasteiger partial charge in [0.1, 0.15) is 6.10 Å². The number of fused-ring (bicyclic) bond motifs is 2. The molecule has 2 fully saturated rings. The highest BCUT2D eigenvalue weighted by atomic mass is 16.3. The van der Waals surface area contributed by atoms with Crippen LogP contribution < -0.4 is 16.4 Å². The van der Waals surface area contributed by atoms with Crippen molar-refractivity contribution in [2.24, 2.45) is 11.3 Å². The predicted molar refractivity (Wildman–Crippen MR) is 84.9 cm³/mol. The zero-order valence-electron chi connectivity index (χ0n) is 13.3. The van der Waals surface area contributed by atoms with Crippen molar-refractivity contribution in [3.05, 3.63) is 6.33 Å². The van der Waals surface area contributed by atoms with Crippen molar-refractivity contribution < 1.29 is 15.0 Å². The number of nitrogens with two attached hydrogens (primary N) is 1. The molecule has 2 aromatic rings. The highest BCUT2D eigenvalue weighted by molar-refractivity contribution is 5.88. The fourth-order valence-electron chi connectivity index (χ4n) is 4.11. The van der Waals surface area contributed by atoms with Gasteiger partial charge in [0.25, 0.3) is 0 Å². The van der Waals surface area contributed by atoms with E-state index in [2.05, 4.69) is 25.6 Å². The first kappa shape index (κ1) is 15.1. The molecule has 4 rings (SSSR count). The molecule has 2 saturated carbocycles. The van der Waals surface area contributed by atoms with Gasteiger partial charge in [0.05, 0.1) is 23.9 Å². The number of amides is 1. The van der Waals surface area contributed by atoms with Crippen LogP contribution in [0, 0.1) is 11.3 Å². The molecule has 24 heavy (non-hydrogen) atoms. The number of anilines is 2. The molecule has 2 aliphatic carbocycles. The Labute approximate surface area is 137 Å². The predicted octanol–water partition coefficient (Wildman–Crippen LogP) is -1.52. The second kappa shape index (κ2) is 4.77. The Morgan fingerprint density at radius 3 is 2.83 bits per heavy atom. The van der Waals surface area contributed by atoms with E-state index in [9.17, 15) is 15.0 Å². The van der Waals surface area contributed by atoms with Crippen molar-refractivity contribution in [1.82, 2.24) is 24.8 Å². The van der Waals surface area contributed by atoms with E-state index in [1.165, 1.54) is 7.05 Å². The summed E-state index contributed by atoms with van der Waals surface area (Å²) in [6, 6.07) is -0.499. The summed E-state index contributed by atoms with van der Waals surface area (Å²) >= 11 is 0. The summed E-state index contributed by atoms with van der Waals surface area (Å²) in [6.07, 6.45) is -0.173. The van der Waals surface area contributed by atoms with Crippen molar-refractivity contribution in [2.75, 3.05) is 25.1 Å². The number of aliphatic hydroxyl groups is 2. The molecule has 1 amide bonds. The van der Waals surface area contributed by atoms with Gasteiger partial charge in [-0.1, -0.05) is 0 Å². The van der Waals surface area contributed by atoms with E-state index < -0.39 is 23.7 Å². The number of aliphatic hydroxyl groups excluding tert-OH is 2. The summed E-state index contributed by atoms with van der Waals surface area (Å²) in [4.78, 5) is 24.8. The van der Waals surface area contributed by atoms with Crippen molar-refractivity contribution in [3.8, 4) is 0 Å². The van der Waals surface area contributed by atoms with E-state index in [-0.39, 0.29) is 17.8 Å². The number of rotatable bonds is 3. The molecule has 5 atom stereocenters. The fourth-order valence-corrected chi connectivity index (χ4v) is 4.11. The van der Waals surface area contributed by atoms with Crippen LogP contribution in [0.25, 0.3) is 11.2 Å². The number of carbonyl (C=O) groups is 1. The van der Waals surface area contributed by atoms with Crippen molar-refractivity contribution >= 4 is 28.8 Å². The lowest BCUT2D eigenvalue weighted by Gasteiger charge is -2.23. The second-order valence-corrected chi connectivity index (χ2v) is 6.36. The molecule has 10 nitrogen and oxygen atoms in total. The van der Waals surface area contributed by atoms with E-state index in [4.69, 9.17) is 5.73 Å². The van der Waals surface area contributed by atoms with Crippen LogP contribution in [0.4, 0.5) is 11.8 Å². The molecular formula is C14H19N7O3. The number of carbonyl (C=O) groups excluding carboxylic acids is 1. The number of nitrogens with one attached hydrogen (secondary N) is 2. The fraction of sp³-hybridized carbons (Fsp3) is 0.571. The van der Waals surface area contributed by atoms with Gasteiger partial charge in [-0.25, -0.2) is 4.98 Å². The van der Waals surface area contributed by atoms with E-state index in [1.54, 1.807) is 17.9 Å². The molecular weight excluding hydrogens is 314 g/mol. The first-order valence-electron chi connectivity index (χ1n) is 7.71. The summed E-state index contributed by atoms with van der Waals surface area (Å²) in [6.45, 7) is 0. The number of hydrogen-bond acceptors (Lipinski definition) is 8. The highest BCUT2D eigenvalue weighted by Crippen LogP contribution is 2.67. The van der Waals surface area contributed by atoms with Crippen molar-refractivity contribution in [2.45, 2.75) is 24.7 Å². The molecule has 0 radical (unpaired) electrons. The third-order valence-corrected chi connectivity index (χ3v) is 5.32. The maximum absolute atomic E-state index is 12.2. The zero-order chi connectivity index (χ0) is 17.2. The van der Waals surface area contributed by atoms with Crippen molar-refractivity contribution in [1.29, 1.82) is 0 Å². The molecule has 0 aromatic carbocycles. The van der Waals surface area contributed by atoms with Crippen LogP contribution in [0.5, 0.6) is 0 Å². The second-order valence-electron chi connectivity index (χ2n) is 6.36. The minimum atomic E-state index is -1.13. The summed E-state index contributed by atoms with van der Waals surface area (Å²) < 4.78 is 1.68. The topological polar surface area (TPSA) is 151 Å². The number of hydrogen-bond donors (Lipinski definition) is 5. The first-order chi connectivity index (χ1) is 11.5. The van der Waals surface area contributed by atoms with Crippen LogP contribution in [0.1, 0.15) is 12.5 Å². The average Bonchev–Trinajstić information content (AvgIpc) is 3.12. The summed E-state index contributed by atoms with van der Waals surface area (Å²) in [5.74, 6) is 0.123. The third kappa shape index (κ3) is 1.66. The number of nitrogen functional groups attached to an aromatic ring is 1. The molecule has 6 N–H and O–H groups in total. The molecule has 0 spiro atoms. The Balaban J connectivity index is 1.82. The lowest BCUT2D eigenvalue weighted by molar-refractivity contribution is -0.132. The molecule has 0 unspecified atom stereocenters. The van der Waals surface area contributed by atoms with E-state index in [0.717, 1.165) is 0 Å². The van der Waals surface area contributed by atoms with E-state index in [0.29, 0.717) is 23.4 Å². The maximum atomic E-state index is 12.2. The largest absolute Gasteiger partial charge is 0.389 e. The minimum absolute atomic E-state index is 0.0787. The first-order valence-corrected chi connectivity index (χ1v) is 7.71. The highest BCUT2D eigenvalue weighted by Gasteiger charge is 2.75. The zero-order valence-corrected chi connectivity index (χ0v) is 13.3. The molecule has 0 bridgehead atoms. The standard InChI is InChI=1S/C14H19N7O3/c1-16-10-6-11(20-13(15)19-10)21(4-18-6)7-5-3-14(5,12(24)17-2)9(23)8(7)22/h4-5,7-9,22-23H,3H2,1-2H3,(H,17,24)(H3,15,16,19,20)/t5-,7+,8+,9+,14+/m1/s1. The van der Waals surface area contributed by atoms with Crippen LogP contribution >= 0.6 is 0 Å². The Kier molecular flexibility index (Phi) is 3.00. The van der Waals surface area contributed by atoms with Gasteiger partial charge in [-0.15, -0.1) is 0 Å². The van der Waals surface area contributed by atoms with Crippen molar-refractivity contribution in [3.63, 3.8) is 0 Å². The Morgan fingerprint density at radius 1 is 1.42 bits per heavy atom. The minimum Gasteiger partial charge on any atom is -0.389 e. The van der Waals surface area contributed by atoms with Gasteiger partial charge in [-0.2, -0.15) is 9.97 Å². The van der Waals surface area contributed by atoms with Crippen LogP contribution in [0.15, 0.2) is 6.33 Å². The smallest absolute Gasteiger partial charge is 0.229 e. The molecule has 2 heterocycles. The van der Waals surface area contributed by atoms with Crippen LogP contribution in [0.2, 0.25) is 0 Å². The van der Waals surface area contributed by atoms with Gasteiger partial charge in [0, 0.05) is 20.0 Å². The number of imidazole rings is 1. The molecule has 2 aliphatic rings. The van der Waals surface area contributed by atoms with Gasteiger partial charge in [0.15, 0.2) is 17.0 Å². The Hall–Kier alpha value is -2.46. The normalized spacial score (nSPS) is 34.2. The van der Waals surface area contributed by atoms with E-state index in [1.807, 2.05) is 0 Å². The SMILES string of the molecule is CNC(=O)[C@@]12C[C@@H]1[C@H](n1cnc3c(NC)nc(N)nc31)[C@H](O)[C@@H]2O. The van der Waals surface area contributed by atoms with Gasteiger partial charge in [0.2, 0.25) is 11.9 Å². The summed E-state index contributed by atoms with van der Waals surface area (Å²) in [5.41, 5.74) is 5.79. The molecule has 10 heteroatoms. The van der Waals surface area contributed by atoms with Gasteiger partial charge in [-0.3, -0.25) is 4.79 Å². The van der Waals surface area contributed by atoms with Gasteiger partial charge >= 0.3 is 0 Å². The molecule has 2 aromatic heterocycles. The van der Waals surface area contributed by atoms with E-state index >= 15 is 0 Å². The average molecular weight is 333 g/mol. The molecule has 0 saturated heterocycles. The number of nitrogens with zero attached hydrogens (tertiary/aromatic N) is 4. The molecule has 128 valence electrons. The summed E-state index contributed by atoms with van der Waals surface area (Å²) in [5, 5.41) is 26.5. The monoisotopic (exact) mass is 333 g/mol. The van der Waals surface area contributed by atoms with Crippen LogP contribution in [-0.2, 0) is 4.79 Å². The lowest BCUT2D eigenvalue weighted by Crippen LogP contribution is -2.41. The Morgan fingerprint density at radius 2 is 2.17 bits per heavy atom. The maximum Gasteiger partial charge on any atom is 0.229 e. The van der Waals surface area contributed by atoms with Crippen LogP contribution in [-0.4, -0.2) is 61.9 Å². The van der Waals surface area contributed by atoms with Crippen LogP contribution in [0.3, 0.4) is 0 Å².